The lowest BCUT2D eigenvalue weighted by Crippen LogP contribution is -2.39. The van der Waals surface area contributed by atoms with Crippen LogP contribution in [-0.2, 0) is 0 Å². The fourth-order valence-electron chi connectivity index (χ4n) is 3.41. The van der Waals surface area contributed by atoms with E-state index in [1.807, 2.05) is 45.0 Å². The number of aromatic nitrogens is 3. The quantitative estimate of drug-likeness (QED) is 0.454. The molecule has 0 spiro atoms. The molecule has 0 saturated carbocycles. The topological polar surface area (TPSA) is 63.5 Å². The summed E-state index contributed by atoms with van der Waals surface area (Å²) in [5, 5.41) is 5.22. The maximum atomic E-state index is 13.7. The summed E-state index contributed by atoms with van der Waals surface area (Å²) < 4.78 is 8.14. The van der Waals surface area contributed by atoms with Gasteiger partial charge in [-0.1, -0.05) is 25.2 Å². The van der Waals surface area contributed by atoms with Crippen LogP contribution >= 0.6 is 23.7 Å². The van der Waals surface area contributed by atoms with E-state index in [9.17, 15) is 4.79 Å². The Hall–Kier alpha value is -2.16. The highest BCUT2D eigenvalue weighted by Crippen LogP contribution is 2.32. The fraction of sp³-hybridized carbons (Fsp3) is 0.500. The van der Waals surface area contributed by atoms with Crippen LogP contribution in [0, 0.1) is 6.92 Å². The molecule has 0 fully saturated rings. The predicted octanol–water partition coefficient (Wildman–Crippen LogP) is 4.80. The number of hydrogen-bond donors (Lipinski definition) is 0. The Kier molecular flexibility index (Phi) is 8.85. The van der Waals surface area contributed by atoms with Gasteiger partial charge < -0.3 is 9.64 Å². The molecule has 0 radical (unpaired) electrons. The molecule has 9 heteroatoms. The summed E-state index contributed by atoms with van der Waals surface area (Å²) in [5.41, 5.74) is 2.30. The number of aryl methyl sites for hydroxylation is 1. The number of methoxy groups -OCH3 is 1. The van der Waals surface area contributed by atoms with Gasteiger partial charge in [0.1, 0.15) is 11.4 Å². The van der Waals surface area contributed by atoms with Gasteiger partial charge in [0.15, 0.2) is 5.13 Å². The maximum absolute atomic E-state index is 13.7. The van der Waals surface area contributed by atoms with E-state index in [-0.39, 0.29) is 24.4 Å². The van der Waals surface area contributed by atoms with Crippen molar-refractivity contribution in [2.24, 2.45) is 0 Å². The molecular weight excluding hydrogens is 434 g/mol. The Morgan fingerprint density at radius 2 is 1.90 bits per heavy atom. The van der Waals surface area contributed by atoms with Crippen LogP contribution in [0.1, 0.15) is 49.9 Å². The molecule has 0 saturated heterocycles. The van der Waals surface area contributed by atoms with Gasteiger partial charge in [0.2, 0.25) is 0 Å². The van der Waals surface area contributed by atoms with Gasteiger partial charge in [-0.05, 0) is 58.1 Å². The van der Waals surface area contributed by atoms with E-state index in [2.05, 4.69) is 23.8 Å². The van der Waals surface area contributed by atoms with Gasteiger partial charge in [-0.3, -0.25) is 14.4 Å². The number of carbonyl (C=O) groups is 1. The van der Waals surface area contributed by atoms with Gasteiger partial charge in [-0.15, -0.1) is 12.4 Å². The largest absolute Gasteiger partial charge is 0.497 e. The average Bonchev–Trinajstić information content (AvgIpc) is 3.33. The summed E-state index contributed by atoms with van der Waals surface area (Å²) in [7, 11) is 1.65. The fourth-order valence-corrected chi connectivity index (χ4v) is 4.43. The maximum Gasteiger partial charge on any atom is 0.278 e. The van der Waals surface area contributed by atoms with E-state index in [0.717, 1.165) is 41.3 Å². The van der Waals surface area contributed by atoms with Crippen LogP contribution in [0.25, 0.3) is 10.2 Å². The van der Waals surface area contributed by atoms with Gasteiger partial charge in [0.25, 0.3) is 5.91 Å². The Labute approximate surface area is 194 Å². The second-order valence-corrected chi connectivity index (χ2v) is 8.53. The molecule has 3 rings (SSSR count). The van der Waals surface area contributed by atoms with E-state index in [1.54, 1.807) is 16.7 Å². The number of ether oxygens (including phenoxy) is 1. The first-order chi connectivity index (χ1) is 14.4. The molecule has 0 aliphatic rings. The minimum absolute atomic E-state index is 0. The molecule has 2 aromatic heterocycles. The summed E-state index contributed by atoms with van der Waals surface area (Å²) in [6.45, 7) is 13.5. The summed E-state index contributed by atoms with van der Waals surface area (Å²) in [6, 6.07) is 7.76. The average molecular weight is 466 g/mol. The second-order valence-electron chi connectivity index (χ2n) is 7.52. The minimum atomic E-state index is -0.0672. The molecule has 170 valence electrons. The van der Waals surface area contributed by atoms with E-state index in [4.69, 9.17) is 9.72 Å². The SMILES string of the molecule is CCN(CC)CCN(C(=O)c1cc(C)nn1C(C)C)c1nc2ccc(OC)cc2s1.Cl. The third kappa shape index (κ3) is 5.56. The number of likely N-dealkylation sites (N-methyl/N-ethyl adjacent to an activating group) is 1. The van der Waals surface area contributed by atoms with E-state index < -0.39 is 0 Å². The highest BCUT2D eigenvalue weighted by Gasteiger charge is 2.26. The van der Waals surface area contributed by atoms with Crippen molar-refractivity contribution in [1.29, 1.82) is 0 Å². The van der Waals surface area contributed by atoms with Crippen LogP contribution in [0.15, 0.2) is 24.3 Å². The summed E-state index contributed by atoms with van der Waals surface area (Å²) in [6.07, 6.45) is 0. The highest BCUT2D eigenvalue weighted by molar-refractivity contribution is 7.22. The summed E-state index contributed by atoms with van der Waals surface area (Å²) >= 11 is 1.51. The molecule has 0 aliphatic heterocycles. The second kappa shape index (κ2) is 10.9. The molecule has 0 atom stereocenters. The number of fused-ring (bicyclic) bond motifs is 1. The first-order valence-electron chi connectivity index (χ1n) is 10.4. The van der Waals surface area contributed by atoms with Crippen molar-refractivity contribution in [2.75, 3.05) is 38.2 Å². The van der Waals surface area contributed by atoms with Crippen molar-refractivity contribution < 1.29 is 9.53 Å². The zero-order valence-electron chi connectivity index (χ0n) is 19.1. The first kappa shape index (κ1) is 25.1. The minimum Gasteiger partial charge on any atom is -0.497 e. The number of thiazole rings is 1. The van der Waals surface area contributed by atoms with Crippen molar-refractivity contribution in [3.8, 4) is 5.75 Å². The lowest BCUT2D eigenvalue weighted by atomic mass is 10.3. The smallest absolute Gasteiger partial charge is 0.278 e. The number of anilines is 1. The van der Waals surface area contributed by atoms with Gasteiger partial charge in [0, 0.05) is 19.1 Å². The number of amides is 1. The van der Waals surface area contributed by atoms with Crippen LogP contribution in [-0.4, -0.2) is 58.9 Å². The van der Waals surface area contributed by atoms with Crippen LogP contribution in [0.3, 0.4) is 0 Å². The van der Waals surface area contributed by atoms with Crippen LogP contribution in [0.2, 0.25) is 0 Å². The van der Waals surface area contributed by atoms with Crippen molar-refractivity contribution >= 4 is 45.0 Å². The van der Waals surface area contributed by atoms with Crippen LogP contribution in [0.5, 0.6) is 5.75 Å². The standard InChI is InChI=1S/C22H31N5O2S.ClH/c1-7-25(8-2)11-12-26(21(28)19-13-16(5)24-27(19)15(3)4)22-23-18-10-9-17(29-6)14-20(18)30-22;/h9-10,13-15H,7-8,11-12H2,1-6H3;1H. The molecule has 1 aromatic carbocycles. The van der Waals surface area contributed by atoms with Crippen LogP contribution < -0.4 is 9.64 Å². The molecule has 0 N–H and O–H groups in total. The third-order valence-corrected chi connectivity index (χ3v) is 6.20. The number of benzene rings is 1. The number of nitrogens with zero attached hydrogens (tertiary/aromatic N) is 5. The number of rotatable bonds is 9. The first-order valence-corrected chi connectivity index (χ1v) is 11.2. The third-order valence-electron chi connectivity index (χ3n) is 5.16. The summed E-state index contributed by atoms with van der Waals surface area (Å²) in [4.78, 5) is 22.5. The lowest BCUT2D eigenvalue weighted by Gasteiger charge is -2.25. The molecular formula is C22H32ClN5O2S. The van der Waals surface area contributed by atoms with E-state index >= 15 is 0 Å². The van der Waals surface area contributed by atoms with Gasteiger partial charge in [-0.25, -0.2) is 4.98 Å². The Bertz CT molecular complexity index is 1010. The van der Waals surface area contributed by atoms with Gasteiger partial charge >= 0.3 is 0 Å². The van der Waals surface area contributed by atoms with Gasteiger partial charge in [-0.2, -0.15) is 5.10 Å². The van der Waals surface area contributed by atoms with E-state index in [0.29, 0.717) is 17.4 Å². The molecule has 0 bridgehead atoms. The number of carbonyl (C=O) groups excluding carboxylic acids is 1. The molecule has 2 heterocycles. The molecule has 1 amide bonds. The molecule has 31 heavy (non-hydrogen) atoms. The lowest BCUT2D eigenvalue weighted by molar-refractivity contribution is 0.0971. The van der Waals surface area contributed by atoms with Crippen LogP contribution in [0.4, 0.5) is 5.13 Å². The monoisotopic (exact) mass is 465 g/mol. The van der Waals surface area contributed by atoms with Crippen molar-refractivity contribution in [1.82, 2.24) is 19.7 Å². The van der Waals surface area contributed by atoms with Crippen molar-refractivity contribution in [3.05, 3.63) is 35.7 Å². The Morgan fingerprint density at radius 3 is 2.52 bits per heavy atom. The Morgan fingerprint density at radius 1 is 1.19 bits per heavy atom. The number of hydrogen-bond acceptors (Lipinski definition) is 6. The van der Waals surface area contributed by atoms with Crippen molar-refractivity contribution in [3.63, 3.8) is 0 Å². The normalized spacial score (nSPS) is 11.2. The van der Waals surface area contributed by atoms with E-state index in [1.165, 1.54) is 11.3 Å². The Balaban J connectivity index is 0.00000341. The summed E-state index contributed by atoms with van der Waals surface area (Å²) in [5.74, 6) is 0.717. The number of halogens is 1. The molecule has 7 nitrogen and oxygen atoms in total. The highest BCUT2D eigenvalue weighted by atomic mass is 35.5. The molecule has 3 aromatic rings. The molecule has 0 aliphatic carbocycles. The molecule has 0 unspecified atom stereocenters. The van der Waals surface area contributed by atoms with Crippen molar-refractivity contribution in [2.45, 2.75) is 40.7 Å². The zero-order valence-corrected chi connectivity index (χ0v) is 20.7. The van der Waals surface area contributed by atoms with Gasteiger partial charge in [0.05, 0.1) is 23.0 Å². The predicted molar refractivity (Wildman–Crippen MR) is 130 cm³/mol. The zero-order chi connectivity index (χ0) is 21.8.